The van der Waals surface area contributed by atoms with E-state index in [4.69, 9.17) is 4.74 Å². The summed E-state index contributed by atoms with van der Waals surface area (Å²) in [6.45, 7) is 1.96. The lowest BCUT2D eigenvalue weighted by Gasteiger charge is -2.04. The Morgan fingerprint density at radius 2 is 2.07 bits per heavy atom. The number of aryl methyl sites for hydroxylation is 1. The van der Waals surface area contributed by atoms with Crippen molar-refractivity contribution in [1.29, 1.82) is 0 Å². The van der Waals surface area contributed by atoms with Gasteiger partial charge in [-0.05, 0) is 31.7 Å². The van der Waals surface area contributed by atoms with E-state index < -0.39 is 0 Å². The lowest BCUT2D eigenvalue weighted by atomic mass is 9.97. The van der Waals surface area contributed by atoms with Crippen LogP contribution in [0.5, 0.6) is 0 Å². The zero-order valence-corrected chi connectivity index (χ0v) is 8.98. The van der Waals surface area contributed by atoms with Crippen molar-refractivity contribution in [3.63, 3.8) is 0 Å². The minimum Gasteiger partial charge on any atom is -0.462 e. The van der Waals surface area contributed by atoms with Crippen molar-refractivity contribution in [2.75, 3.05) is 0 Å². The first-order valence-electron chi connectivity index (χ1n) is 5.50. The third-order valence-electron chi connectivity index (χ3n) is 2.89. The van der Waals surface area contributed by atoms with Gasteiger partial charge >= 0.3 is 5.97 Å². The molecule has 2 nitrogen and oxygen atoms in total. The van der Waals surface area contributed by atoms with Crippen LogP contribution < -0.4 is 0 Å². The Morgan fingerprint density at radius 1 is 1.33 bits per heavy atom. The van der Waals surface area contributed by atoms with Gasteiger partial charge in [0.2, 0.25) is 0 Å². The number of cyclic esters (lactones) is 1. The topological polar surface area (TPSA) is 26.3 Å². The van der Waals surface area contributed by atoms with E-state index >= 15 is 0 Å². The molecule has 0 aromatic heterocycles. The summed E-state index contributed by atoms with van der Waals surface area (Å²) in [6, 6.07) is 10.3. The van der Waals surface area contributed by atoms with Crippen LogP contribution in [0.25, 0.3) is 0 Å². The van der Waals surface area contributed by atoms with Gasteiger partial charge in [-0.15, -0.1) is 0 Å². The molecule has 1 saturated heterocycles. The maximum atomic E-state index is 11.4. The molecule has 1 aliphatic heterocycles. The normalized spacial score (nSPS) is 25.3. The first-order valence-corrected chi connectivity index (χ1v) is 5.50. The van der Waals surface area contributed by atoms with Gasteiger partial charge in [0.05, 0.1) is 12.0 Å². The number of ether oxygens (including phenoxy) is 1. The minimum absolute atomic E-state index is 0.0153. The van der Waals surface area contributed by atoms with Crippen molar-refractivity contribution in [1.82, 2.24) is 0 Å². The molecule has 15 heavy (non-hydrogen) atoms. The standard InChI is InChI=1S/C13H16O2/c1-10-9-12(13(14)15-10)8-7-11-5-3-2-4-6-11/h2-6,10,12H,7-9H2,1H3/t10-,12+/m0/s1. The molecule has 2 atom stereocenters. The second-order valence-corrected chi connectivity index (χ2v) is 4.20. The van der Waals surface area contributed by atoms with E-state index in [2.05, 4.69) is 12.1 Å². The monoisotopic (exact) mass is 204 g/mol. The molecule has 2 heteroatoms. The number of rotatable bonds is 3. The van der Waals surface area contributed by atoms with Gasteiger partial charge in [-0.3, -0.25) is 4.79 Å². The summed E-state index contributed by atoms with van der Waals surface area (Å²) in [5.74, 6) is 0.0960. The molecule has 80 valence electrons. The third-order valence-corrected chi connectivity index (χ3v) is 2.89. The predicted octanol–water partition coefficient (Wildman–Crippen LogP) is 2.57. The summed E-state index contributed by atoms with van der Waals surface area (Å²) >= 11 is 0. The highest BCUT2D eigenvalue weighted by Crippen LogP contribution is 2.25. The molecule has 0 radical (unpaired) electrons. The van der Waals surface area contributed by atoms with Gasteiger partial charge in [0.15, 0.2) is 0 Å². The fourth-order valence-electron chi connectivity index (χ4n) is 2.06. The Hall–Kier alpha value is -1.31. The first-order chi connectivity index (χ1) is 7.25. The Morgan fingerprint density at radius 3 is 2.67 bits per heavy atom. The van der Waals surface area contributed by atoms with Crippen LogP contribution >= 0.6 is 0 Å². The highest BCUT2D eigenvalue weighted by molar-refractivity contribution is 5.74. The van der Waals surface area contributed by atoms with E-state index in [-0.39, 0.29) is 18.0 Å². The van der Waals surface area contributed by atoms with Crippen molar-refractivity contribution >= 4 is 5.97 Å². The molecule has 1 heterocycles. The third kappa shape index (κ3) is 2.58. The van der Waals surface area contributed by atoms with Gasteiger partial charge < -0.3 is 4.74 Å². The number of hydrogen-bond acceptors (Lipinski definition) is 2. The van der Waals surface area contributed by atoms with Crippen LogP contribution in [-0.4, -0.2) is 12.1 Å². The highest BCUT2D eigenvalue weighted by atomic mass is 16.5. The van der Waals surface area contributed by atoms with Gasteiger partial charge in [0.25, 0.3) is 0 Å². The highest BCUT2D eigenvalue weighted by Gasteiger charge is 2.30. The molecule has 0 spiro atoms. The van der Waals surface area contributed by atoms with Crippen LogP contribution in [0.1, 0.15) is 25.3 Å². The fourth-order valence-corrected chi connectivity index (χ4v) is 2.06. The molecular weight excluding hydrogens is 188 g/mol. The number of benzene rings is 1. The largest absolute Gasteiger partial charge is 0.462 e. The van der Waals surface area contributed by atoms with Crippen LogP contribution in [0.2, 0.25) is 0 Å². The summed E-state index contributed by atoms with van der Waals surface area (Å²) in [7, 11) is 0. The number of carbonyl (C=O) groups excluding carboxylic acids is 1. The molecule has 0 saturated carbocycles. The average Bonchev–Trinajstić information content (AvgIpc) is 2.56. The Bertz CT molecular complexity index is 332. The van der Waals surface area contributed by atoms with Crippen molar-refractivity contribution < 1.29 is 9.53 Å². The smallest absolute Gasteiger partial charge is 0.309 e. The van der Waals surface area contributed by atoms with Crippen LogP contribution in [0, 0.1) is 5.92 Å². The second-order valence-electron chi connectivity index (χ2n) is 4.20. The zero-order chi connectivity index (χ0) is 10.7. The quantitative estimate of drug-likeness (QED) is 0.707. The summed E-state index contributed by atoms with van der Waals surface area (Å²) in [4.78, 5) is 11.4. The van der Waals surface area contributed by atoms with Crippen LogP contribution in [-0.2, 0) is 16.0 Å². The van der Waals surface area contributed by atoms with Gasteiger partial charge in [0.1, 0.15) is 0 Å². The Kier molecular flexibility index (Phi) is 3.05. The molecule has 1 aromatic rings. The number of esters is 1. The van der Waals surface area contributed by atoms with Crippen LogP contribution in [0.3, 0.4) is 0 Å². The van der Waals surface area contributed by atoms with E-state index in [1.807, 2.05) is 25.1 Å². The number of carbonyl (C=O) groups is 1. The van der Waals surface area contributed by atoms with Crippen molar-refractivity contribution in [3.05, 3.63) is 35.9 Å². The molecule has 0 N–H and O–H groups in total. The molecular formula is C13H16O2. The van der Waals surface area contributed by atoms with Gasteiger partial charge in [0, 0.05) is 0 Å². The summed E-state index contributed by atoms with van der Waals surface area (Å²) in [6.07, 6.45) is 2.87. The Labute approximate surface area is 90.3 Å². The second kappa shape index (κ2) is 4.47. The van der Waals surface area contributed by atoms with E-state index in [9.17, 15) is 4.79 Å². The molecule has 0 bridgehead atoms. The van der Waals surface area contributed by atoms with Crippen molar-refractivity contribution in [2.45, 2.75) is 32.3 Å². The maximum Gasteiger partial charge on any atom is 0.309 e. The van der Waals surface area contributed by atoms with E-state index in [0.29, 0.717) is 0 Å². The van der Waals surface area contributed by atoms with E-state index in [1.165, 1.54) is 5.56 Å². The Balaban J connectivity index is 1.86. The van der Waals surface area contributed by atoms with Crippen LogP contribution in [0.15, 0.2) is 30.3 Å². The molecule has 0 aliphatic carbocycles. The number of hydrogen-bond donors (Lipinski definition) is 0. The molecule has 0 unspecified atom stereocenters. The first kappa shape index (κ1) is 10.2. The van der Waals surface area contributed by atoms with E-state index in [0.717, 1.165) is 19.3 Å². The summed E-state index contributed by atoms with van der Waals surface area (Å²) in [5.41, 5.74) is 1.30. The van der Waals surface area contributed by atoms with Gasteiger partial charge in [-0.25, -0.2) is 0 Å². The molecule has 2 rings (SSSR count). The minimum atomic E-state index is -0.0153. The SMILES string of the molecule is C[C@H]1C[C@@H](CCc2ccccc2)C(=O)O1. The maximum absolute atomic E-state index is 11.4. The molecule has 0 amide bonds. The lowest BCUT2D eigenvalue weighted by molar-refractivity contribution is -0.143. The van der Waals surface area contributed by atoms with Gasteiger partial charge in [-0.1, -0.05) is 30.3 Å². The predicted molar refractivity (Wildman–Crippen MR) is 58.4 cm³/mol. The van der Waals surface area contributed by atoms with Crippen LogP contribution in [0.4, 0.5) is 0 Å². The zero-order valence-electron chi connectivity index (χ0n) is 8.98. The van der Waals surface area contributed by atoms with Crippen molar-refractivity contribution in [3.8, 4) is 0 Å². The lowest BCUT2D eigenvalue weighted by Crippen LogP contribution is -2.08. The molecule has 1 fully saturated rings. The molecule has 1 aliphatic rings. The summed E-state index contributed by atoms with van der Waals surface area (Å²) in [5, 5.41) is 0. The molecule has 1 aromatic carbocycles. The fraction of sp³-hybridized carbons (Fsp3) is 0.462. The van der Waals surface area contributed by atoms with Crippen molar-refractivity contribution in [2.24, 2.45) is 5.92 Å². The van der Waals surface area contributed by atoms with E-state index in [1.54, 1.807) is 0 Å². The summed E-state index contributed by atoms with van der Waals surface area (Å²) < 4.78 is 5.12. The van der Waals surface area contributed by atoms with Gasteiger partial charge in [-0.2, -0.15) is 0 Å². The average molecular weight is 204 g/mol.